The molecule has 1 heterocycles. The molecule has 0 saturated carbocycles. The first kappa shape index (κ1) is 15.3. The van der Waals surface area contributed by atoms with Crippen LogP contribution in [0.1, 0.15) is 30.5 Å². The molecule has 1 aromatic carbocycles. The van der Waals surface area contributed by atoms with Gasteiger partial charge in [-0.3, -0.25) is 0 Å². The third-order valence-electron chi connectivity index (χ3n) is 3.97. The molecule has 0 aromatic heterocycles. The molecule has 0 fully saturated rings. The number of hydrogen-bond donors (Lipinski definition) is 1. The Morgan fingerprint density at radius 1 is 1.40 bits per heavy atom. The minimum atomic E-state index is -2.85. The van der Waals surface area contributed by atoms with Crippen molar-refractivity contribution in [1.82, 2.24) is 5.32 Å². The van der Waals surface area contributed by atoms with Gasteiger partial charge in [0.15, 0.2) is 0 Å². The van der Waals surface area contributed by atoms with Crippen LogP contribution in [0.25, 0.3) is 0 Å². The van der Waals surface area contributed by atoms with Gasteiger partial charge in [-0.25, -0.2) is 8.42 Å². The predicted octanol–water partition coefficient (Wildman–Crippen LogP) is 1.76. The van der Waals surface area contributed by atoms with E-state index >= 15 is 0 Å². The lowest BCUT2D eigenvalue weighted by molar-refractivity contribution is 0.598. The van der Waals surface area contributed by atoms with E-state index in [2.05, 4.69) is 35.3 Å². The van der Waals surface area contributed by atoms with Crippen molar-refractivity contribution >= 4 is 15.5 Å². The Morgan fingerprint density at radius 2 is 2.15 bits per heavy atom. The molecule has 1 atom stereocenters. The molecule has 20 heavy (non-hydrogen) atoms. The maximum absolute atomic E-state index is 11.2. The lowest BCUT2D eigenvalue weighted by atomic mass is 10.0. The summed E-state index contributed by atoms with van der Waals surface area (Å²) in [7, 11) is -0.882. The van der Waals surface area contributed by atoms with Crippen LogP contribution in [0.3, 0.4) is 0 Å². The molecule has 112 valence electrons. The van der Waals surface area contributed by atoms with Gasteiger partial charge in [0.25, 0.3) is 0 Å². The molecular weight excluding hydrogens is 272 g/mol. The molecular formula is C15H24N2O2S. The Kier molecular flexibility index (Phi) is 4.70. The van der Waals surface area contributed by atoms with E-state index in [0.717, 1.165) is 19.5 Å². The molecule has 0 radical (unpaired) electrons. The second-order valence-electron chi connectivity index (χ2n) is 5.62. The standard InChI is InChI=1S/C15H24N2O2S/c1-12(16-2)13-5-6-15-14(11-13)7-9-17(15)8-4-10-20(3,18)19/h5-6,11-12,16H,4,7-10H2,1-3H3. The van der Waals surface area contributed by atoms with Gasteiger partial charge in [0.1, 0.15) is 9.84 Å². The highest BCUT2D eigenvalue weighted by Crippen LogP contribution is 2.30. The van der Waals surface area contributed by atoms with Gasteiger partial charge in [0, 0.05) is 31.1 Å². The van der Waals surface area contributed by atoms with Crippen molar-refractivity contribution in [2.24, 2.45) is 0 Å². The van der Waals surface area contributed by atoms with Crippen LogP contribution in [-0.4, -0.2) is 40.6 Å². The number of benzene rings is 1. The zero-order valence-corrected chi connectivity index (χ0v) is 13.3. The first-order valence-electron chi connectivity index (χ1n) is 7.13. The predicted molar refractivity (Wildman–Crippen MR) is 84.2 cm³/mol. The Balaban J connectivity index is 2.02. The number of nitrogens with one attached hydrogen (secondary N) is 1. The molecule has 1 aromatic rings. The Bertz CT molecular complexity index is 569. The van der Waals surface area contributed by atoms with Gasteiger partial charge in [-0.2, -0.15) is 0 Å². The van der Waals surface area contributed by atoms with Crippen LogP contribution in [0.5, 0.6) is 0 Å². The maximum Gasteiger partial charge on any atom is 0.147 e. The zero-order valence-electron chi connectivity index (χ0n) is 12.5. The second kappa shape index (κ2) is 6.14. The van der Waals surface area contributed by atoms with E-state index in [1.807, 2.05) is 7.05 Å². The number of anilines is 1. The largest absolute Gasteiger partial charge is 0.371 e. The van der Waals surface area contributed by atoms with E-state index in [4.69, 9.17) is 0 Å². The normalized spacial score (nSPS) is 16.2. The highest BCUT2D eigenvalue weighted by atomic mass is 32.2. The number of hydrogen-bond acceptors (Lipinski definition) is 4. The Hall–Kier alpha value is -1.07. The average Bonchev–Trinajstić information content (AvgIpc) is 2.79. The van der Waals surface area contributed by atoms with E-state index in [1.54, 1.807) is 0 Å². The minimum absolute atomic E-state index is 0.272. The number of fused-ring (bicyclic) bond motifs is 1. The first-order chi connectivity index (χ1) is 9.40. The molecule has 2 rings (SSSR count). The van der Waals surface area contributed by atoms with Crippen LogP contribution in [0, 0.1) is 0 Å². The topological polar surface area (TPSA) is 49.4 Å². The van der Waals surface area contributed by atoms with Gasteiger partial charge in [-0.15, -0.1) is 0 Å². The first-order valence-corrected chi connectivity index (χ1v) is 9.19. The Labute approximate surface area is 122 Å². The van der Waals surface area contributed by atoms with Gasteiger partial charge >= 0.3 is 0 Å². The maximum atomic E-state index is 11.2. The van der Waals surface area contributed by atoms with Crippen LogP contribution in [0.15, 0.2) is 18.2 Å². The SMILES string of the molecule is CNC(C)c1ccc2c(c1)CCN2CCCS(C)(=O)=O. The van der Waals surface area contributed by atoms with Crippen molar-refractivity contribution in [3.05, 3.63) is 29.3 Å². The third-order valence-corrected chi connectivity index (χ3v) is 5.00. The Morgan fingerprint density at radius 3 is 2.80 bits per heavy atom. The molecule has 0 amide bonds. The molecule has 4 nitrogen and oxygen atoms in total. The lowest BCUT2D eigenvalue weighted by Crippen LogP contribution is -2.23. The van der Waals surface area contributed by atoms with E-state index < -0.39 is 9.84 Å². The fraction of sp³-hybridized carbons (Fsp3) is 0.600. The highest BCUT2D eigenvalue weighted by Gasteiger charge is 2.20. The molecule has 1 aliphatic heterocycles. The molecule has 1 N–H and O–H groups in total. The fourth-order valence-electron chi connectivity index (χ4n) is 2.68. The second-order valence-corrected chi connectivity index (χ2v) is 7.88. The van der Waals surface area contributed by atoms with Crippen molar-refractivity contribution < 1.29 is 8.42 Å². The van der Waals surface area contributed by atoms with Crippen molar-refractivity contribution in [2.45, 2.75) is 25.8 Å². The highest BCUT2D eigenvalue weighted by molar-refractivity contribution is 7.90. The van der Waals surface area contributed by atoms with Crippen molar-refractivity contribution in [3.8, 4) is 0 Å². The molecule has 0 spiro atoms. The van der Waals surface area contributed by atoms with E-state index in [0.29, 0.717) is 12.5 Å². The van der Waals surface area contributed by atoms with Gasteiger partial charge in [0.2, 0.25) is 0 Å². The summed E-state index contributed by atoms with van der Waals surface area (Å²) in [6.45, 7) is 3.97. The smallest absolute Gasteiger partial charge is 0.147 e. The number of sulfone groups is 1. The zero-order chi connectivity index (χ0) is 14.8. The van der Waals surface area contributed by atoms with Gasteiger partial charge < -0.3 is 10.2 Å². The van der Waals surface area contributed by atoms with E-state index in [1.165, 1.54) is 23.1 Å². The van der Waals surface area contributed by atoms with Gasteiger partial charge in [-0.05, 0) is 44.0 Å². The minimum Gasteiger partial charge on any atom is -0.371 e. The molecule has 5 heteroatoms. The summed E-state index contributed by atoms with van der Waals surface area (Å²) in [5.74, 6) is 0.272. The number of rotatable bonds is 6. The number of nitrogens with zero attached hydrogens (tertiary/aromatic N) is 1. The quantitative estimate of drug-likeness (QED) is 0.869. The summed E-state index contributed by atoms with van der Waals surface area (Å²) in [5.41, 5.74) is 3.96. The molecule has 1 aliphatic rings. The van der Waals surface area contributed by atoms with E-state index in [-0.39, 0.29) is 5.75 Å². The van der Waals surface area contributed by atoms with Crippen molar-refractivity contribution in [2.75, 3.05) is 37.0 Å². The van der Waals surface area contributed by atoms with Gasteiger partial charge in [-0.1, -0.05) is 12.1 Å². The summed E-state index contributed by atoms with van der Waals surface area (Å²) in [4.78, 5) is 2.30. The molecule has 1 unspecified atom stereocenters. The summed E-state index contributed by atoms with van der Waals surface area (Å²) in [6.07, 6.45) is 3.06. The van der Waals surface area contributed by atoms with Crippen LogP contribution >= 0.6 is 0 Å². The van der Waals surface area contributed by atoms with Crippen LogP contribution in [-0.2, 0) is 16.3 Å². The molecule has 0 bridgehead atoms. The summed E-state index contributed by atoms with van der Waals surface area (Å²) < 4.78 is 22.4. The van der Waals surface area contributed by atoms with Crippen molar-refractivity contribution in [1.29, 1.82) is 0 Å². The van der Waals surface area contributed by atoms with Crippen molar-refractivity contribution in [3.63, 3.8) is 0 Å². The van der Waals surface area contributed by atoms with Crippen LogP contribution in [0.4, 0.5) is 5.69 Å². The van der Waals surface area contributed by atoms with Crippen LogP contribution < -0.4 is 10.2 Å². The summed E-state index contributed by atoms with van der Waals surface area (Å²) in [5, 5.41) is 3.25. The summed E-state index contributed by atoms with van der Waals surface area (Å²) >= 11 is 0. The lowest BCUT2D eigenvalue weighted by Gasteiger charge is -2.20. The third kappa shape index (κ3) is 3.73. The average molecular weight is 296 g/mol. The monoisotopic (exact) mass is 296 g/mol. The van der Waals surface area contributed by atoms with Crippen LogP contribution in [0.2, 0.25) is 0 Å². The fourth-order valence-corrected chi connectivity index (χ4v) is 3.33. The molecule has 0 aliphatic carbocycles. The molecule has 0 saturated heterocycles. The van der Waals surface area contributed by atoms with E-state index in [9.17, 15) is 8.42 Å². The van der Waals surface area contributed by atoms with Gasteiger partial charge in [0.05, 0.1) is 5.75 Å². The summed E-state index contributed by atoms with van der Waals surface area (Å²) in [6, 6.07) is 6.97.